The van der Waals surface area contributed by atoms with Crippen LogP contribution in [0.4, 0.5) is 4.39 Å². The normalized spacial score (nSPS) is 14.3. The van der Waals surface area contributed by atoms with Crippen molar-refractivity contribution >= 4 is 17.7 Å². The van der Waals surface area contributed by atoms with Crippen LogP contribution in [0.15, 0.2) is 24.3 Å². The van der Waals surface area contributed by atoms with Gasteiger partial charge in [0.2, 0.25) is 17.7 Å². The fourth-order valence-corrected chi connectivity index (χ4v) is 2.34. The van der Waals surface area contributed by atoms with Crippen LogP contribution in [0.1, 0.15) is 32.8 Å². The van der Waals surface area contributed by atoms with Gasteiger partial charge in [0.15, 0.2) is 0 Å². The first-order valence-electron chi connectivity index (χ1n) is 7.85. The zero-order chi connectivity index (χ0) is 18.3. The third kappa shape index (κ3) is 5.98. The largest absolute Gasteiger partial charge is 0.368 e. The molecule has 0 aliphatic heterocycles. The van der Waals surface area contributed by atoms with Gasteiger partial charge in [-0.15, -0.1) is 0 Å². The number of nitrogens with two attached hydrogens (primary N) is 1. The van der Waals surface area contributed by atoms with Crippen molar-refractivity contribution in [2.75, 3.05) is 0 Å². The summed E-state index contributed by atoms with van der Waals surface area (Å²) >= 11 is 0. The first-order valence-corrected chi connectivity index (χ1v) is 7.85. The fourth-order valence-electron chi connectivity index (χ4n) is 2.34. The summed E-state index contributed by atoms with van der Waals surface area (Å²) in [6, 6.07) is 4.02. The standard InChI is InChI=1S/C17H24FN3O3/c1-4-10(2)15(16(19)23)21-17(24)14(20-11(3)22)9-12-6-5-7-13(18)8-12/h5-8,10,14-15H,4,9H2,1-3H3,(H2,19,23)(H,20,22)(H,21,24)/t10-,14+,15+/m1/s1. The minimum absolute atomic E-state index is 0.106. The van der Waals surface area contributed by atoms with Crippen LogP contribution in [0.3, 0.4) is 0 Å². The highest BCUT2D eigenvalue weighted by atomic mass is 19.1. The second-order valence-electron chi connectivity index (χ2n) is 5.86. The molecule has 0 radical (unpaired) electrons. The number of hydrogen-bond donors (Lipinski definition) is 3. The number of amides is 3. The molecule has 0 heterocycles. The highest BCUT2D eigenvalue weighted by Crippen LogP contribution is 2.10. The zero-order valence-electron chi connectivity index (χ0n) is 14.1. The lowest BCUT2D eigenvalue weighted by Gasteiger charge is -2.25. The van der Waals surface area contributed by atoms with E-state index in [-0.39, 0.29) is 12.3 Å². The number of carbonyl (C=O) groups excluding carboxylic acids is 3. The van der Waals surface area contributed by atoms with Gasteiger partial charge in [-0.05, 0) is 23.6 Å². The highest BCUT2D eigenvalue weighted by molar-refractivity contribution is 5.91. The van der Waals surface area contributed by atoms with Gasteiger partial charge < -0.3 is 16.4 Å². The highest BCUT2D eigenvalue weighted by Gasteiger charge is 2.28. The summed E-state index contributed by atoms with van der Waals surface area (Å²) in [7, 11) is 0. The molecule has 0 aromatic heterocycles. The molecule has 4 N–H and O–H groups in total. The Morgan fingerprint density at radius 3 is 2.42 bits per heavy atom. The monoisotopic (exact) mass is 337 g/mol. The van der Waals surface area contributed by atoms with Crippen molar-refractivity contribution < 1.29 is 18.8 Å². The van der Waals surface area contributed by atoms with Gasteiger partial charge in [0.25, 0.3) is 0 Å². The van der Waals surface area contributed by atoms with Crippen LogP contribution < -0.4 is 16.4 Å². The van der Waals surface area contributed by atoms with Crippen molar-refractivity contribution in [1.29, 1.82) is 0 Å². The Morgan fingerprint density at radius 2 is 1.92 bits per heavy atom. The fraction of sp³-hybridized carbons (Fsp3) is 0.471. The number of benzene rings is 1. The molecule has 24 heavy (non-hydrogen) atoms. The Hall–Kier alpha value is -2.44. The van der Waals surface area contributed by atoms with Gasteiger partial charge in [-0.25, -0.2) is 4.39 Å². The van der Waals surface area contributed by atoms with Gasteiger partial charge >= 0.3 is 0 Å². The average Bonchev–Trinajstić information content (AvgIpc) is 2.50. The van der Waals surface area contributed by atoms with Gasteiger partial charge in [0, 0.05) is 13.3 Å². The summed E-state index contributed by atoms with van der Waals surface area (Å²) in [4.78, 5) is 35.4. The molecular formula is C17H24FN3O3. The predicted molar refractivity (Wildman–Crippen MR) is 88.3 cm³/mol. The predicted octanol–water partition coefficient (Wildman–Crippen LogP) is 0.889. The molecule has 132 valence electrons. The van der Waals surface area contributed by atoms with E-state index >= 15 is 0 Å². The Balaban J connectivity index is 2.91. The van der Waals surface area contributed by atoms with E-state index in [1.807, 2.05) is 6.92 Å². The van der Waals surface area contributed by atoms with Crippen LogP contribution in [0.2, 0.25) is 0 Å². The van der Waals surface area contributed by atoms with E-state index in [4.69, 9.17) is 5.73 Å². The molecule has 3 amide bonds. The van der Waals surface area contributed by atoms with Gasteiger partial charge in [-0.1, -0.05) is 32.4 Å². The Labute approximate surface area is 141 Å². The maximum Gasteiger partial charge on any atom is 0.243 e. The third-order valence-electron chi connectivity index (χ3n) is 3.84. The van der Waals surface area contributed by atoms with Crippen molar-refractivity contribution in [3.8, 4) is 0 Å². The van der Waals surface area contributed by atoms with Gasteiger partial charge in [0.1, 0.15) is 17.9 Å². The molecule has 0 aliphatic rings. The molecule has 0 fully saturated rings. The summed E-state index contributed by atoms with van der Waals surface area (Å²) in [6.07, 6.45) is 0.762. The number of nitrogens with one attached hydrogen (secondary N) is 2. The molecule has 0 spiro atoms. The van der Waals surface area contributed by atoms with E-state index in [2.05, 4.69) is 10.6 Å². The van der Waals surface area contributed by atoms with E-state index < -0.39 is 35.6 Å². The molecule has 0 saturated carbocycles. The lowest BCUT2D eigenvalue weighted by atomic mass is 9.97. The number of hydrogen-bond acceptors (Lipinski definition) is 3. The van der Waals surface area contributed by atoms with E-state index in [9.17, 15) is 18.8 Å². The Morgan fingerprint density at radius 1 is 1.25 bits per heavy atom. The number of primary amides is 1. The summed E-state index contributed by atoms with van der Waals surface area (Å²) in [5, 5.41) is 5.11. The van der Waals surface area contributed by atoms with Gasteiger partial charge in [-0.2, -0.15) is 0 Å². The average molecular weight is 337 g/mol. The Bertz CT molecular complexity index is 606. The molecule has 0 bridgehead atoms. The maximum absolute atomic E-state index is 13.3. The molecule has 0 saturated heterocycles. The molecular weight excluding hydrogens is 313 g/mol. The molecule has 1 aromatic carbocycles. The third-order valence-corrected chi connectivity index (χ3v) is 3.84. The zero-order valence-corrected chi connectivity index (χ0v) is 14.1. The van der Waals surface area contributed by atoms with Crippen molar-refractivity contribution in [2.24, 2.45) is 11.7 Å². The van der Waals surface area contributed by atoms with Crippen LogP contribution in [0.5, 0.6) is 0 Å². The SMILES string of the molecule is CC[C@@H](C)[C@H](NC(=O)[C@H](Cc1cccc(F)c1)NC(C)=O)C(N)=O. The van der Waals surface area contributed by atoms with Gasteiger partial charge in [0.05, 0.1) is 0 Å². The van der Waals surface area contributed by atoms with Crippen molar-refractivity contribution in [3.63, 3.8) is 0 Å². The summed E-state index contributed by atoms with van der Waals surface area (Å²) in [5.41, 5.74) is 5.90. The second kappa shape index (κ2) is 9.00. The topological polar surface area (TPSA) is 101 Å². The van der Waals surface area contributed by atoms with Crippen LogP contribution in [0, 0.1) is 11.7 Å². The minimum Gasteiger partial charge on any atom is -0.368 e. The quantitative estimate of drug-likeness (QED) is 0.656. The smallest absolute Gasteiger partial charge is 0.243 e. The molecule has 0 unspecified atom stereocenters. The lowest BCUT2D eigenvalue weighted by Crippen LogP contribution is -2.55. The summed E-state index contributed by atoms with van der Waals surface area (Å²) < 4.78 is 13.3. The molecule has 1 aromatic rings. The molecule has 1 rings (SSSR count). The molecule has 7 heteroatoms. The van der Waals surface area contributed by atoms with Crippen molar-refractivity contribution in [1.82, 2.24) is 10.6 Å². The summed E-state index contributed by atoms with van der Waals surface area (Å²) in [5.74, 6) is -2.13. The Kier molecular flexibility index (Phi) is 7.35. The first-order chi connectivity index (χ1) is 11.2. The maximum atomic E-state index is 13.3. The van der Waals surface area contributed by atoms with E-state index in [1.165, 1.54) is 25.1 Å². The van der Waals surface area contributed by atoms with E-state index in [0.717, 1.165) is 0 Å². The first kappa shape index (κ1) is 19.6. The molecule has 6 nitrogen and oxygen atoms in total. The van der Waals surface area contributed by atoms with E-state index in [1.54, 1.807) is 13.0 Å². The number of halogens is 1. The van der Waals surface area contributed by atoms with Crippen LogP contribution in [-0.4, -0.2) is 29.8 Å². The lowest BCUT2D eigenvalue weighted by molar-refractivity contribution is -0.131. The van der Waals surface area contributed by atoms with Crippen LogP contribution in [-0.2, 0) is 20.8 Å². The van der Waals surface area contributed by atoms with Crippen LogP contribution in [0.25, 0.3) is 0 Å². The number of rotatable bonds is 8. The van der Waals surface area contributed by atoms with Crippen molar-refractivity contribution in [2.45, 2.75) is 45.7 Å². The van der Waals surface area contributed by atoms with Gasteiger partial charge in [-0.3, -0.25) is 14.4 Å². The van der Waals surface area contributed by atoms with Crippen molar-refractivity contribution in [3.05, 3.63) is 35.6 Å². The minimum atomic E-state index is -0.921. The molecule has 0 aliphatic carbocycles. The number of carbonyl (C=O) groups is 3. The molecule has 3 atom stereocenters. The second-order valence-corrected chi connectivity index (χ2v) is 5.86. The van der Waals surface area contributed by atoms with E-state index in [0.29, 0.717) is 12.0 Å². The summed E-state index contributed by atoms with van der Waals surface area (Å²) in [6.45, 7) is 4.96. The van der Waals surface area contributed by atoms with Crippen LogP contribution >= 0.6 is 0 Å².